The minimum absolute atomic E-state index is 0.00359. The first-order valence-corrected chi connectivity index (χ1v) is 8.77. The average molecular weight is 359 g/mol. The quantitative estimate of drug-likeness (QED) is 0.906. The van der Waals surface area contributed by atoms with E-state index in [1.54, 1.807) is 16.7 Å². The Bertz CT molecular complexity index is 612. The minimum Gasteiger partial charge on any atom is -0.397 e. The summed E-state index contributed by atoms with van der Waals surface area (Å²) in [5.74, 6) is 0.933. The van der Waals surface area contributed by atoms with E-state index in [0.29, 0.717) is 10.6 Å². The lowest BCUT2D eigenvalue weighted by Crippen LogP contribution is -2.28. The Kier molecular flexibility index (Phi) is 4.76. The zero-order valence-corrected chi connectivity index (χ0v) is 14.0. The average Bonchev–Trinajstić information content (AvgIpc) is 2.71. The molecule has 3 nitrogen and oxygen atoms in total. The standard InChI is InChI=1S/C13H15BrN2OS2/c1-16(5-6-18-2)13(17)12-11(15)9-4-3-8(14)7-10(9)19-12/h3-4,7H,5-6,15H2,1-2H3. The van der Waals surface area contributed by atoms with Gasteiger partial charge < -0.3 is 10.6 Å². The van der Waals surface area contributed by atoms with E-state index in [4.69, 9.17) is 5.73 Å². The van der Waals surface area contributed by atoms with Crippen LogP contribution in [0.4, 0.5) is 5.69 Å². The molecule has 1 aromatic heterocycles. The van der Waals surface area contributed by atoms with E-state index < -0.39 is 0 Å². The van der Waals surface area contributed by atoms with Crippen molar-refractivity contribution in [2.45, 2.75) is 0 Å². The number of hydrogen-bond acceptors (Lipinski definition) is 4. The summed E-state index contributed by atoms with van der Waals surface area (Å²) in [6.07, 6.45) is 2.03. The Labute approximate surface area is 129 Å². The normalized spacial score (nSPS) is 10.9. The molecule has 2 N–H and O–H groups in total. The van der Waals surface area contributed by atoms with Crippen molar-refractivity contribution in [2.24, 2.45) is 0 Å². The maximum absolute atomic E-state index is 12.4. The highest BCUT2D eigenvalue weighted by molar-refractivity contribution is 9.10. The summed E-state index contributed by atoms with van der Waals surface area (Å²) < 4.78 is 2.03. The van der Waals surface area contributed by atoms with E-state index in [9.17, 15) is 4.79 Å². The molecule has 0 radical (unpaired) electrons. The smallest absolute Gasteiger partial charge is 0.265 e. The van der Waals surface area contributed by atoms with Crippen LogP contribution in [0.2, 0.25) is 0 Å². The lowest BCUT2D eigenvalue weighted by molar-refractivity contribution is 0.0809. The number of thioether (sulfide) groups is 1. The molecule has 102 valence electrons. The largest absolute Gasteiger partial charge is 0.397 e. The SMILES string of the molecule is CSCCN(C)C(=O)c1sc2cc(Br)ccc2c1N. The molecule has 0 aliphatic rings. The molecule has 0 spiro atoms. The molecule has 1 heterocycles. The van der Waals surface area contributed by atoms with Crippen LogP contribution in [0.15, 0.2) is 22.7 Å². The number of thiophene rings is 1. The van der Waals surface area contributed by atoms with Gasteiger partial charge in [0.1, 0.15) is 4.88 Å². The molecule has 1 amide bonds. The second kappa shape index (κ2) is 6.15. The Morgan fingerprint density at radius 3 is 2.95 bits per heavy atom. The molecule has 1 aromatic carbocycles. The van der Waals surface area contributed by atoms with Crippen molar-refractivity contribution < 1.29 is 4.79 Å². The topological polar surface area (TPSA) is 46.3 Å². The summed E-state index contributed by atoms with van der Waals surface area (Å²) in [7, 11) is 1.82. The number of carbonyl (C=O) groups excluding carboxylic acids is 1. The van der Waals surface area contributed by atoms with Gasteiger partial charge in [0.05, 0.1) is 5.69 Å². The van der Waals surface area contributed by atoms with Crippen LogP contribution in [-0.4, -0.2) is 36.4 Å². The third-order valence-corrected chi connectivity index (χ3v) is 5.10. The van der Waals surface area contributed by atoms with Gasteiger partial charge in [-0.1, -0.05) is 22.0 Å². The summed E-state index contributed by atoms with van der Waals surface area (Å²) in [5.41, 5.74) is 6.69. The number of benzene rings is 1. The molecule has 0 aliphatic carbocycles. The fraction of sp³-hybridized carbons (Fsp3) is 0.308. The highest BCUT2D eigenvalue weighted by atomic mass is 79.9. The maximum atomic E-state index is 12.4. The van der Waals surface area contributed by atoms with Crippen LogP contribution in [0.25, 0.3) is 10.1 Å². The number of carbonyl (C=O) groups is 1. The van der Waals surface area contributed by atoms with Crippen LogP contribution in [0.1, 0.15) is 9.67 Å². The van der Waals surface area contributed by atoms with Crippen molar-refractivity contribution in [1.29, 1.82) is 0 Å². The van der Waals surface area contributed by atoms with Crippen LogP contribution in [0.5, 0.6) is 0 Å². The van der Waals surface area contributed by atoms with Crippen molar-refractivity contribution in [2.75, 3.05) is 31.3 Å². The molecule has 0 aliphatic heterocycles. The minimum atomic E-state index is 0.00359. The highest BCUT2D eigenvalue weighted by Crippen LogP contribution is 2.35. The molecule has 0 fully saturated rings. The van der Waals surface area contributed by atoms with Gasteiger partial charge in [-0.25, -0.2) is 0 Å². The lowest BCUT2D eigenvalue weighted by atomic mass is 10.2. The second-order valence-electron chi connectivity index (χ2n) is 4.20. The van der Waals surface area contributed by atoms with E-state index in [1.165, 1.54) is 11.3 Å². The fourth-order valence-corrected chi connectivity index (χ4v) is 3.88. The van der Waals surface area contributed by atoms with E-state index in [-0.39, 0.29) is 5.91 Å². The van der Waals surface area contributed by atoms with E-state index in [0.717, 1.165) is 26.9 Å². The molecule has 2 aromatic rings. The van der Waals surface area contributed by atoms with E-state index >= 15 is 0 Å². The number of halogens is 1. The zero-order chi connectivity index (χ0) is 14.0. The van der Waals surface area contributed by atoms with Gasteiger partial charge in [0.25, 0.3) is 5.91 Å². The van der Waals surface area contributed by atoms with Crippen LogP contribution >= 0.6 is 39.0 Å². The molecule has 6 heteroatoms. The maximum Gasteiger partial charge on any atom is 0.265 e. The van der Waals surface area contributed by atoms with Crippen molar-refractivity contribution >= 4 is 60.7 Å². The zero-order valence-electron chi connectivity index (χ0n) is 10.8. The first-order chi connectivity index (χ1) is 9.04. The third-order valence-electron chi connectivity index (χ3n) is 2.86. The van der Waals surface area contributed by atoms with Crippen molar-refractivity contribution in [1.82, 2.24) is 4.90 Å². The Morgan fingerprint density at radius 1 is 1.53 bits per heavy atom. The van der Waals surface area contributed by atoms with Crippen LogP contribution < -0.4 is 5.73 Å². The van der Waals surface area contributed by atoms with Gasteiger partial charge in [0.2, 0.25) is 0 Å². The van der Waals surface area contributed by atoms with Crippen LogP contribution in [-0.2, 0) is 0 Å². The first kappa shape index (κ1) is 14.7. The predicted molar refractivity (Wildman–Crippen MR) is 89.3 cm³/mol. The van der Waals surface area contributed by atoms with Crippen molar-refractivity contribution in [3.63, 3.8) is 0 Å². The van der Waals surface area contributed by atoms with Gasteiger partial charge in [0.15, 0.2) is 0 Å². The predicted octanol–water partition coefficient (Wildman–Crippen LogP) is 3.68. The Hall–Kier alpha value is -0.720. The van der Waals surface area contributed by atoms with E-state index in [1.807, 2.05) is 31.5 Å². The summed E-state index contributed by atoms with van der Waals surface area (Å²) in [4.78, 5) is 14.7. The molecule has 0 saturated carbocycles. The van der Waals surface area contributed by atoms with Crippen molar-refractivity contribution in [3.8, 4) is 0 Å². The molecule has 0 saturated heterocycles. The number of rotatable bonds is 4. The van der Waals surface area contributed by atoms with Crippen LogP contribution in [0, 0.1) is 0 Å². The number of fused-ring (bicyclic) bond motifs is 1. The van der Waals surface area contributed by atoms with E-state index in [2.05, 4.69) is 15.9 Å². The Balaban J connectivity index is 2.34. The van der Waals surface area contributed by atoms with Gasteiger partial charge in [0, 0.05) is 33.9 Å². The lowest BCUT2D eigenvalue weighted by Gasteiger charge is -2.15. The van der Waals surface area contributed by atoms with Gasteiger partial charge in [-0.2, -0.15) is 11.8 Å². The van der Waals surface area contributed by atoms with Crippen LogP contribution in [0.3, 0.4) is 0 Å². The number of nitrogen functional groups attached to an aromatic ring is 1. The van der Waals surface area contributed by atoms with Gasteiger partial charge in [-0.15, -0.1) is 11.3 Å². The van der Waals surface area contributed by atoms with Crippen molar-refractivity contribution in [3.05, 3.63) is 27.5 Å². The molecule has 0 bridgehead atoms. The van der Waals surface area contributed by atoms with Gasteiger partial charge in [-0.05, 0) is 18.4 Å². The molecular formula is C13H15BrN2OS2. The fourth-order valence-electron chi connectivity index (χ4n) is 1.75. The number of amides is 1. The highest BCUT2D eigenvalue weighted by Gasteiger charge is 2.19. The molecule has 0 atom stereocenters. The molecule has 19 heavy (non-hydrogen) atoms. The molecule has 0 unspecified atom stereocenters. The summed E-state index contributed by atoms with van der Waals surface area (Å²) in [6, 6.07) is 5.88. The Morgan fingerprint density at radius 2 is 2.26 bits per heavy atom. The van der Waals surface area contributed by atoms with Gasteiger partial charge in [-0.3, -0.25) is 4.79 Å². The molecule has 2 rings (SSSR count). The first-order valence-electron chi connectivity index (χ1n) is 5.76. The summed E-state index contributed by atoms with van der Waals surface area (Å²) >= 11 is 6.61. The number of nitrogens with zero attached hydrogens (tertiary/aromatic N) is 1. The monoisotopic (exact) mass is 358 g/mol. The summed E-state index contributed by atoms with van der Waals surface area (Å²) in [6.45, 7) is 0.734. The number of hydrogen-bond donors (Lipinski definition) is 1. The molecular weight excluding hydrogens is 344 g/mol. The third kappa shape index (κ3) is 3.07. The van der Waals surface area contributed by atoms with Gasteiger partial charge >= 0.3 is 0 Å². The number of anilines is 1. The number of nitrogens with two attached hydrogens (primary N) is 1. The second-order valence-corrected chi connectivity index (χ2v) is 7.16. The summed E-state index contributed by atoms with van der Waals surface area (Å²) in [5, 5.41) is 0.954.